The quantitative estimate of drug-likeness (QED) is 0.881. The van der Waals surface area contributed by atoms with Crippen molar-refractivity contribution in [3.63, 3.8) is 0 Å². The summed E-state index contributed by atoms with van der Waals surface area (Å²) in [6, 6.07) is 9.03. The lowest BCUT2D eigenvalue weighted by Crippen LogP contribution is -2.64. The van der Waals surface area contributed by atoms with Crippen molar-refractivity contribution in [3.8, 4) is 0 Å². The van der Waals surface area contributed by atoms with Gasteiger partial charge in [0.2, 0.25) is 0 Å². The molecule has 1 saturated heterocycles. The Morgan fingerprint density at radius 1 is 1.24 bits per heavy atom. The molecule has 1 aromatic carbocycles. The highest BCUT2D eigenvalue weighted by atomic mass is 16.6. The van der Waals surface area contributed by atoms with Crippen molar-refractivity contribution in [1.82, 2.24) is 4.90 Å². The van der Waals surface area contributed by atoms with Crippen molar-refractivity contribution in [1.29, 1.82) is 0 Å². The number of hydrogen-bond acceptors (Lipinski definition) is 4. The van der Waals surface area contributed by atoms with Crippen molar-refractivity contribution < 1.29 is 24.2 Å². The van der Waals surface area contributed by atoms with E-state index in [0.29, 0.717) is 0 Å². The maximum Gasteiger partial charge on any atom is 0.411 e. The summed E-state index contributed by atoms with van der Waals surface area (Å²) in [6.45, 7) is 7.39. The zero-order valence-corrected chi connectivity index (χ0v) is 15.3. The van der Waals surface area contributed by atoms with E-state index >= 15 is 0 Å². The van der Waals surface area contributed by atoms with Crippen LogP contribution in [0.25, 0.3) is 0 Å². The molecule has 0 radical (unpaired) electrons. The van der Waals surface area contributed by atoms with Crippen molar-refractivity contribution >= 4 is 12.1 Å². The standard InChI is InChI=1S/C19H27NO5/c1-13(2)20(18(23)24-12-16-8-6-5-7-9-16)19(17(21)22)10-14(3)25-15(4)11-19/h5-9,13-15H,10-12H2,1-4H3,(H,21,22). The van der Waals surface area contributed by atoms with Crippen molar-refractivity contribution in [2.75, 3.05) is 0 Å². The Labute approximate surface area is 148 Å². The van der Waals surface area contributed by atoms with E-state index in [2.05, 4.69) is 0 Å². The molecule has 2 rings (SSSR count). The molecule has 6 heteroatoms. The van der Waals surface area contributed by atoms with Crippen molar-refractivity contribution in [2.45, 2.75) is 70.9 Å². The Kier molecular flexibility index (Phi) is 6.06. The van der Waals surface area contributed by atoms with Gasteiger partial charge in [-0.3, -0.25) is 4.90 Å². The number of benzene rings is 1. The lowest BCUT2D eigenvalue weighted by molar-refractivity contribution is -0.169. The van der Waals surface area contributed by atoms with Gasteiger partial charge in [-0.25, -0.2) is 9.59 Å². The Balaban J connectivity index is 2.24. The number of carbonyl (C=O) groups excluding carboxylic acids is 1. The largest absolute Gasteiger partial charge is 0.479 e. The number of carbonyl (C=O) groups is 2. The first-order valence-electron chi connectivity index (χ1n) is 8.65. The van der Waals surface area contributed by atoms with Crippen LogP contribution in [0, 0.1) is 0 Å². The van der Waals surface area contributed by atoms with Gasteiger partial charge in [-0.15, -0.1) is 0 Å². The Morgan fingerprint density at radius 2 is 1.80 bits per heavy atom. The minimum absolute atomic E-state index is 0.111. The Bertz CT molecular complexity index is 591. The monoisotopic (exact) mass is 349 g/mol. The number of carboxylic acids is 1. The smallest absolute Gasteiger partial charge is 0.411 e. The molecule has 1 N–H and O–H groups in total. The SMILES string of the molecule is CC1CC(C(=O)O)(N(C(=O)OCc2ccccc2)C(C)C)CC(C)O1. The molecule has 1 amide bonds. The number of hydrogen-bond donors (Lipinski definition) is 1. The van der Waals surface area contributed by atoms with Gasteiger partial charge in [0.1, 0.15) is 12.1 Å². The van der Waals surface area contributed by atoms with Crippen LogP contribution in [0.4, 0.5) is 4.79 Å². The van der Waals surface area contributed by atoms with E-state index in [0.717, 1.165) is 5.56 Å². The van der Waals surface area contributed by atoms with Crippen LogP contribution < -0.4 is 0 Å². The van der Waals surface area contributed by atoms with Crippen LogP contribution in [-0.2, 0) is 20.9 Å². The molecule has 0 aromatic heterocycles. The molecule has 1 aliphatic rings. The summed E-state index contributed by atoms with van der Waals surface area (Å²) in [5.41, 5.74) is -0.461. The second-order valence-corrected chi connectivity index (χ2v) is 7.01. The summed E-state index contributed by atoms with van der Waals surface area (Å²) in [7, 11) is 0. The molecule has 1 fully saturated rings. The van der Waals surface area contributed by atoms with Gasteiger partial charge in [0.25, 0.3) is 0 Å². The van der Waals surface area contributed by atoms with E-state index in [1.807, 2.05) is 44.2 Å². The van der Waals surface area contributed by atoms with E-state index in [4.69, 9.17) is 9.47 Å². The normalized spacial score (nSPS) is 26.3. The molecule has 1 aliphatic heterocycles. The topological polar surface area (TPSA) is 76.1 Å². The predicted octanol–water partition coefficient (Wildman–Crippen LogP) is 3.44. The van der Waals surface area contributed by atoms with Gasteiger partial charge >= 0.3 is 12.1 Å². The average Bonchev–Trinajstić information content (AvgIpc) is 2.52. The molecule has 0 aliphatic carbocycles. The third-order valence-electron chi connectivity index (χ3n) is 4.49. The fourth-order valence-electron chi connectivity index (χ4n) is 3.67. The average molecular weight is 349 g/mol. The molecule has 2 atom stereocenters. The van der Waals surface area contributed by atoms with Crippen LogP contribution in [0.2, 0.25) is 0 Å². The first-order chi connectivity index (χ1) is 11.8. The van der Waals surface area contributed by atoms with Gasteiger partial charge < -0.3 is 14.6 Å². The summed E-state index contributed by atoms with van der Waals surface area (Å²) in [5, 5.41) is 9.97. The maximum absolute atomic E-state index is 12.8. The third kappa shape index (κ3) is 4.31. The molecule has 138 valence electrons. The summed E-state index contributed by atoms with van der Waals surface area (Å²) in [5.74, 6) is -1.01. The lowest BCUT2D eigenvalue weighted by atomic mass is 9.82. The van der Waals surface area contributed by atoms with E-state index < -0.39 is 17.6 Å². The van der Waals surface area contributed by atoms with E-state index in [1.165, 1.54) is 4.90 Å². The van der Waals surface area contributed by atoms with Gasteiger partial charge in [0.15, 0.2) is 0 Å². The summed E-state index contributed by atoms with van der Waals surface area (Å²) in [6.07, 6.45) is -0.620. The van der Waals surface area contributed by atoms with Crippen LogP contribution in [0.3, 0.4) is 0 Å². The van der Waals surface area contributed by atoms with Crippen LogP contribution in [-0.4, -0.2) is 45.9 Å². The summed E-state index contributed by atoms with van der Waals surface area (Å²) in [4.78, 5) is 26.3. The molecule has 0 spiro atoms. The number of ether oxygens (including phenoxy) is 2. The summed E-state index contributed by atoms with van der Waals surface area (Å²) < 4.78 is 11.1. The number of rotatable bonds is 5. The highest BCUT2D eigenvalue weighted by molar-refractivity contribution is 5.85. The molecule has 1 aromatic rings. The summed E-state index contributed by atoms with van der Waals surface area (Å²) >= 11 is 0. The molecule has 1 heterocycles. The van der Waals surface area contributed by atoms with Gasteiger partial charge in [-0.2, -0.15) is 0 Å². The molecule has 2 unspecified atom stereocenters. The first kappa shape index (κ1) is 19.2. The molecule has 0 bridgehead atoms. The number of carboxylic acid groups (broad SMARTS) is 1. The van der Waals surface area contributed by atoms with Gasteiger partial charge in [0, 0.05) is 18.9 Å². The van der Waals surface area contributed by atoms with Gasteiger partial charge in [-0.1, -0.05) is 30.3 Å². The van der Waals surface area contributed by atoms with Crippen molar-refractivity contribution in [3.05, 3.63) is 35.9 Å². The van der Waals surface area contributed by atoms with E-state index in [-0.39, 0.29) is 37.7 Å². The minimum Gasteiger partial charge on any atom is -0.479 e. The molecular formula is C19H27NO5. The number of aliphatic carboxylic acids is 1. The minimum atomic E-state index is -1.32. The second kappa shape index (κ2) is 7.87. The van der Waals surface area contributed by atoms with Gasteiger partial charge in [-0.05, 0) is 33.3 Å². The highest BCUT2D eigenvalue weighted by Gasteiger charge is 2.52. The van der Waals surface area contributed by atoms with Crippen LogP contribution in [0.1, 0.15) is 46.1 Å². The second-order valence-electron chi connectivity index (χ2n) is 7.01. The fourth-order valence-corrected chi connectivity index (χ4v) is 3.67. The van der Waals surface area contributed by atoms with Crippen molar-refractivity contribution in [2.24, 2.45) is 0 Å². The fraction of sp³-hybridized carbons (Fsp3) is 0.579. The first-order valence-corrected chi connectivity index (χ1v) is 8.65. The number of nitrogens with zero attached hydrogens (tertiary/aromatic N) is 1. The van der Waals surface area contributed by atoms with Gasteiger partial charge in [0.05, 0.1) is 12.2 Å². The predicted molar refractivity (Wildman–Crippen MR) is 93.2 cm³/mol. The van der Waals surface area contributed by atoms with E-state index in [1.54, 1.807) is 13.8 Å². The molecular weight excluding hydrogens is 322 g/mol. The van der Waals surface area contributed by atoms with Crippen LogP contribution in [0.5, 0.6) is 0 Å². The molecule has 6 nitrogen and oxygen atoms in total. The zero-order valence-electron chi connectivity index (χ0n) is 15.3. The number of amides is 1. The lowest BCUT2D eigenvalue weighted by Gasteiger charge is -2.47. The van der Waals surface area contributed by atoms with Crippen LogP contribution >= 0.6 is 0 Å². The molecule has 0 saturated carbocycles. The highest BCUT2D eigenvalue weighted by Crippen LogP contribution is 2.36. The third-order valence-corrected chi connectivity index (χ3v) is 4.49. The zero-order chi connectivity index (χ0) is 18.6. The maximum atomic E-state index is 12.8. The Hall–Kier alpha value is -2.08. The Morgan fingerprint density at radius 3 is 2.28 bits per heavy atom. The molecule has 25 heavy (non-hydrogen) atoms. The van der Waals surface area contributed by atoms with Crippen LogP contribution in [0.15, 0.2) is 30.3 Å². The van der Waals surface area contributed by atoms with E-state index in [9.17, 15) is 14.7 Å².